The van der Waals surface area contributed by atoms with Gasteiger partial charge >= 0.3 is 0 Å². The SMILES string of the molecule is C/C=c1/cco/c1=C\C. The lowest BCUT2D eigenvalue weighted by molar-refractivity contribution is 0.530. The van der Waals surface area contributed by atoms with Gasteiger partial charge in [0.2, 0.25) is 0 Å². The van der Waals surface area contributed by atoms with E-state index in [1.54, 1.807) is 6.26 Å². The molecule has 0 aromatic carbocycles. The van der Waals surface area contributed by atoms with Gasteiger partial charge in [-0.15, -0.1) is 0 Å². The van der Waals surface area contributed by atoms with Gasteiger partial charge in [-0.1, -0.05) is 6.08 Å². The zero-order valence-corrected chi connectivity index (χ0v) is 5.72. The standard InChI is InChI=1S/C8H10O/c1-3-7-5-6-9-8(7)4-2/h3-6H,1-2H3/b7-3-,8-4-. The van der Waals surface area contributed by atoms with Crippen molar-refractivity contribution in [3.8, 4) is 0 Å². The summed E-state index contributed by atoms with van der Waals surface area (Å²) in [5, 5.41) is 1.16. The molecule has 0 atom stereocenters. The summed E-state index contributed by atoms with van der Waals surface area (Å²) in [7, 11) is 0. The molecule has 0 aliphatic rings. The predicted molar refractivity (Wildman–Crippen MR) is 38.2 cm³/mol. The Morgan fingerprint density at radius 1 is 1.33 bits per heavy atom. The van der Waals surface area contributed by atoms with E-state index in [2.05, 4.69) is 0 Å². The fraction of sp³-hybridized carbons (Fsp3) is 0.250. The predicted octanol–water partition coefficient (Wildman–Crippen LogP) is 0.880. The molecule has 0 aliphatic heterocycles. The monoisotopic (exact) mass is 122 g/mol. The Hall–Kier alpha value is -0.980. The van der Waals surface area contributed by atoms with Gasteiger partial charge in [0.05, 0.1) is 6.26 Å². The molecule has 0 N–H and O–H groups in total. The molecule has 1 rings (SSSR count). The third-order valence-electron chi connectivity index (χ3n) is 1.30. The molecule has 0 radical (unpaired) electrons. The lowest BCUT2D eigenvalue weighted by Gasteiger charge is -1.71. The molecule has 0 bridgehead atoms. The van der Waals surface area contributed by atoms with E-state index in [-0.39, 0.29) is 0 Å². The van der Waals surface area contributed by atoms with Crippen LogP contribution in [-0.4, -0.2) is 0 Å². The maximum absolute atomic E-state index is 5.12. The topological polar surface area (TPSA) is 13.1 Å². The highest BCUT2D eigenvalue weighted by atomic mass is 16.3. The highest BCUT2D eigenvalue weighted by molar-refractivity contribution is 5.23. The van der Waals surface area contributed by atoms with E-state index in [4.69, 9.17) is 4.42 Å². The molecule has 0 fully saturated rings. The first kappa shape index (κ1) is 6.14. The Morgan fingerprint density at radius 3 is 2.56 bits per heavy atom. The van der Waals surface area contributed by atoms with Gasteiger partial charge in [-0.05, 0) is 26.0 Å². The van der Waals surface area contributed by atoms with Crippen LogP contribution in [0.4, 0.5) is 0 Å². The zero-order chi connectivity index (χ0) is 6.69. The van der Waals surface area contributed by atoms with Gasteiger partial charge in [0.15, 0.2) is 0 Å². The van der Waals surface area contributed by atoms with Crippen molar-refractivity contribution in [1.82, 2.24) is 0 Å². The smallest absolute Gasteiger partial charge is 0.129 e. The molecule has 1 aromatic rings. The van der Waals surface area contributed by atoms with E-state index in [1.807, 2.05) is 32.1 Å². The van der Waals surface area contributed by atoms with Gasteiger partial charge in [-0.3, -0.25) is 0 Å². The molecule has 0 unspecified atom stereocenters. The van der Waals surface area contributed by atoms with Crippen molar-refractivity contribution in [3.05, 3.63) is 23.0 Å². The third-order valence-corrected chi connectivity index (χ3v) is 1.30. The highest BCUT2D eigenvalue weighted by Gasteiger charge is 1.81. The second-order valence-corrected chi connectivity index (χ2v) is 1.82. The van der Waals surface area contributed by atoms with E-state index < -0.39 is 0 Å². The molecule has 48 valence electrons. The van der Waals surface area contributed by atoms with Gasteiger partial charge in [0, 0.05) is 5.22 Å². The molecule has 0 saturated carbocycles. The van der Waals surface area contributed by atoms with Gasteiger partial charge in [0.25, 0.3) is 0 Å². The maximum atomic E-state index is 5.12. The van der Waals surface area contributed by atoms with Crippen molar-refractivity contribution >= 4 is 12.2 Å². The van der Waals surface area contributed by atoms with Crippen LogP contribution >= 0.6 is 0 Å². The van der Waals surface area contributed by atoms with Crippen LogP contribution in [0.5, 0.6) is 0 Å². The summed E-state index contributed by atoms with van der Waals surface area (Å²) >= 11 is 0. The number of furan rings is 1. The Balaban J connectivity index is 3.50. The minimum atomic E-state index is 0.956. The number of hydrogen-bond acceptors (Lipinski definition) is 1. The molecule has 1 nitrogen and oxygen atoms in total. The van der Waals surface area contributed by atoms with Crippen molar-refractivity contribution in [2.75, 3.05) is 0 Å². The Morgan fingerprint density at radius 2 is 2.11 bits per heavy atom. The van der Waals surface area contributed by atoms with Crippen LogP contribution in [-0.2, 0) is 0 Å². The quantitative estimate of drug-likeness (QED) is 0.498. The van der Waals surface area contributed by atoms with Crippen LogP contribution < -0.4 is 10.6 Å². The van der Waals surface area contributed by atoms with Gasteiger partial charge < -0.3 is 4.42 Å². The normalized spacial score (nSPS) is 14.9. The summed E-state index contributed by atoms with van der Waals surface area (Å²) < 4.78 is 5.12. The Kier molecular flexibility index (Phi) is 1.73. The first-order valence-electron chi connectivity index (χ1n) is 3.04. The third kappa shape index (κ3) is 1.04. The molecular weight excluding hydrogens is 112 g/mol. The molecule has 9 heavy (non-hydrogen) atoms. The summed E-state index contributed by atoms with van der Waals surface area (Å²) in [6.45, 7) is 3.96. The van der Waals surface area contributed by atoms with Crippen LogP contribution in [0.2, 0.25) is 0 Å². The van der Waals surface area contributed by atoms with Gasteiger partial charge in [0.1, 0.15) is 5.42 Å². The van der Waals surface area contributed by atoms with E-state index in [1.165, 1.54) is 0 Å². The van der Waals surface area contributed by atoms with Crippen LogP contribution in [0, 0.1) is 0 Å². The first-order valence-corrected chi connectivity index (χ1v) is 3.04. The lowest BCUT2D eigenvalue weighted by atomic mass is 10.4. The molecule has 1 heterocycles. The summed E-state index contributed by atoms with van der Waals surface area (Å²) in [4.78, 5) is 0. The zero-order valence-electron chi connectivity index (χ0n) is 5.72. The van der Waals surface area contributed by atoms with E-state index in [0.29, 0.717) is 0 Å². The van der Waals surface area contributed by atoms with Crippen molar-refractivity contribution in [2.45, 2.75) is 13.8 Å². The van der Waals surface area contributed by atoms with E-state index in [0.717, 1.165) is 10.6 Å². The molecule has 1 heteroatoms. The van der Waals surface area contributed by atoms with Crippen LogP contribution in [0.25, 0.3) is 12.2 Å². The van der Waals surface area contributed by atoms with E-state index >= 15 is 0 Å². The summed E-state index contributed by atoms with van der Waals surface area (Å²) in [5.41, 5.74) is 0.956. The van der Waals surface area contributed by atoms with Crippen LogP contribution in [0.3, 0.4) is 0 Å². The summed E-state index contributed by atoms with van der Waals surface area (Å²) in [5.74, 6) is 0. The molecule has 0 aliphatic carbocycles. The number of rotatable bonds is 0. The minimum absolute atomic E-state index is 0.956. The highest BCUT2D eigenvalue weighted by Crippen LogP contribution is 1.69. The fourth-order valence-electron chi connectivity index (χ4n) is 0.804. The largest absolute Gasteiger partial charge is 0.465 e. The summed E-state index contributed by atoms with van der Waals surface area (Å²) in [6, 6.07) is 1.95. The lowest BCUT2D eigenvalue weighted by Crippen LogP contribution is -2.17. The van der Waals surface area contributed by atoms with Crippen molar-refractivity contribution in [2.24, 2.45) is 0 Å². The van der Waals surface area contributed by atoms with Gasteiger partial charge in [-0.2, -0.15) is 0 Å². The van der Waals surface area contributed by atoms with Crippen LogP contribution in [0.15, 0.2) is 16.7 Å². The molecule has 0 spiro atoms. The maximum Gasteiger partial charge on any atom is 0.129 e. The first-order chi connectivity index (χ1) is 4.38. The Bertz CT molecular complexity index is 251. The molecular formula is C8H10O. The molecule has 1 aromatic heterocycles. The van der Waals surface area contributed by atoms with Crippen molar-refractivity contribution in [3.63, 3.8) is 0 Å². The second-order valence-electron chi connectivity index (χ2n) is 1.82. The minimum Gasteiger partial charge on any atom is -0.465 e. The van der Waals surface area contributed by atoms with Gasteiger partial charge in [-0.25, -0.2) is 0 Å². The average molecular weight is 122 g/mol. The van der Waals surface area contributed by atoms with Crippen molar-refractivity contribution < 1.29 is 4.42 Å². The second kappa shape index (κ2) is 2.53. The molecule has 0 saturated heterocycles. The number of hydrogen-bond donors (Lipinski definition) is 0. The fourth-order valence-corrected chi connectivity index (χ4v) is 0.804. The molecule has 0 amide bonds. The Labute approximate surface area is 54.3 Å². The summed E-state index contributed by atoms with van der Waals surface area (Å²) in [6.07, 6.45) is 5.68. The van der Waals surface area contributed by atoms with E-state index in [9.17, 15) is 0 Å². The average Bonchev–Trinajstić information content (AvgIpc) is 2.33. The van der Waals surface area contributed by atoms with Crippen LogP contribution in [0.1, 0.15) is 13.8 Å². The van der Waals surface area contributed by atoms with Crippen molar-refractivity contribution in [1.29, 1.82) is 0 Å².